The Labute approximate surface area is 119 Å². The Hall–Kier alpha value is -0.120. The van der Waals surface area contributed by atoms with Gasteiger partial charge in [-0.3, -0.25) is 4.90 Å². The van der Waals surface area contributed by atoms with Crippen molar-refractivity contribution in [2.45, 2.75) is 77.0 Å². The van der Waals surface area contributed by atoms with Crippen molar-refractivity contribution in [1.29, 1.82) is 0 Å². The van der Waals surface area contributed by atoms with Crippen LogP contribution in [0, 0.1) is 0 Å². The van der Waals surface area contributed by atoms with Crippen LogP contribution in [-0.2, 0) is 4.74 Å². The largest absolute Gasteiger partial charge is 0.377 e. The first-order valence-corrected chi connectivity index (χ1v) is 8.15. The fourth-order valence-electron chi connectivity index (χ4n) is 3.17. The highest BCUT2D eigenvalue weighted by Gasteiger charge is 2.26. The first kappa shape index (κ1) is 15.3. The van der Waals surface area contributed by atoms with Crippen LogP contribution in [-0.4, -0.2) is 48.8 Å². The van der Waals surface area contributed by atoms with Gasteiger partial charge in [0.05, 0.1) is 6.10 Å². The predicted molar refractivity (Wildman–Crippen MR) is 80.6 cm³/mol. The number of hydrogen-bond donors (Lipinski definition) is 1. The maximum Gasteiger partial charge on any atom is 0.0702 e. The summed E-state index contributed by atoms with van der Waals surface area (Å²) in [7, 11) is 0. The average molecular weight is 268 g/mol. The number of hydrogen-bond acceptors (Lipinski definition) is 3. The molecule has 0 amide bonds. The lowest BCUT2D eigenvalue weighted by Crippen LogP contribution is -2.51. The van der Waals surface area contributed by atoms with Crippen LogP contribution in [0.15, 0.2) is 0 Å². The smallest absolute Gasteiger partial charge is 0.0702 e. The van der Waals surface area contributed by atoms with Gasteiger partial charge in [-0.15, -0.1) is 0 Å². The van der Waals surface area contributed by atoms with Crippen molar-refractivity contribution in [3.63, 3.8) is 0 Å². The average Bonchev–Trinajstić information content (AvgIpc) is 2.38. The minimum absolute atomic E-state index is 0.227. The monoisotopic (exact) mass is 268 g/mol. The van der Waals surface area contributed by atoms with Crippen LogP contribution in [0.5, 0.6) is 0 Å². The molecule has 2 rings (SSSR count). The summed E-state index contributed by atoms with van der Waals surface area (Å²) in [6.45, 7) is 11.3. The summed E-state index contributed by atoms with van der Waals surface area (Å²) in [4.78, 5) is 2.68. The highest BCUT2D eigenvalue weighted by atomic mass is 16.5. The van der Waals surface area contributed by atoms with E-state index in [4.69, 9.17) is 4.74 Å². The molecule has 0 aliphatic carbocycles. The van der Waals surface area contributed by atoms with Crippen LogP contribution in [0.2, 0.25) is 0 Å². The lowest BCUT2D eigenvalue weighted by molar-refractivity contribution is -0.0196. The molecule has 0 saturated carbocycles. The molecule has 0 spiro atoms. The van der Waals surface area contributed by atoms with E-state index in [1.165, 1.54) is 45.1 Å². The molecule has 2 atom stereocenters. The molecular weight excluding hydrogens is 236 g/mol. The Morgan fingerprint density at radius 2 is 1.89 bits per heavy atom. The standard InChI is InChI=1S/C16H32N2O/c1-16(2,3)17-12-14-8-4-6-10-18(14)13-15-9-5-7-11-19-15/h14-15,17H,4-13H2,1-3H3. The topological polar surface area (TPSA) is 24.5 Å². The van der Waals surface area contributed by atoms with Gasteiger partial charge in [0, 0.05) is 31.3 Å². The van der Waals surface area contributed by atoms with Crippen LogP contribution < -0.4 is 5.32 Å². The molecule has 2 unspecified atom stereocenters. The number of likely N-dealkylation sites (tertiary alicyclic amines) is 1. The number of rotatable bonds is 4. The molecule has 0 bridgehead atoms. The zero-order valence-electron chi connectivity index (χ0n) is 13.1. The maximum absolute atomic E-state index is 5.91. The molecule has 0 radical (unpaired) electrons. The van der Waals surface area contributed by atoms with Crippen molar-refractivity contribution in [1.82, 2.24) is 10.2 Å². The zero-order valence-corrected chi connectivity index (χ0v) is 13.1. The SMILES string of the molecule is CC(C)(C)NCC1CCCCN1CC1CCCCO1. The second kappa shape index (κ2) is 7.05. The molecule has 2 aliphatic rings. The first-order chi connectivity index (χ1) is 9.04. The van der Waals surface area contributed by atoms with E-state index in [2.05, 4.69) is 31.0 Å². The van der Waals surface area contributed by atoms with Crippen molar-refractivity contribution in [3.05, 3.63) is 0 Å². The summed E-state index contributed by atoms with van der Waals surface area (Å²) in [6, 6.07) is 0.707. The highest BCUT2D eigenvalue weighted by Crippen LogP contribution is 2.21. The van der Waals surface area contributed by atoms with Gasteiger partial charge in [0.15, 0.2) is 0 Å². The molecule has 2 aliphatic heterocycles. The molecule has 19 heavy (non-hydrogen) atoms. The lowest BCUT2D eigenvalue weighted by atomic mass is 9.99. The summed E-state index contributed by atoms with van der Waals surface area (Å²) in [5.74, 6) is 0. The van der Waals surface area contributed by atoms with E-state index < -0.39 is 0 Å². The van der Waals surface area contributed by atoms with Crippen LogP contribution in [0.3, 0.4) is 0 Å². The number of nitrogens with one attached hydrogen (secondary N) is 1. The van der Waals surface area contributed by atoms with E-state index >= 15 is 0 Å². The molecule has 3 nitrogen and oxygen atoms in total. The van der Waals surface area contributed by atoms with Crippen molar-refractivity contribution in [2.75, 3.05) is 26.2 Å². The van der Waals surface area contributed by atoms with Crippen molar-refractivity contribution in [2.24, 2.45) is 0 Å². The molecule has 3 heteroatoms. The zero-order chi connectivity index (χ0) is 13.7. The fraction of sp³-hybridized carbons (Fsp3) is 1.00. The number of piperidine rings is 1. The molecule has 112 valence electrons. The Balaban J connectivity index is 1.81. The van der Waals surface area contributed by atoms with Crippen LogP contribution in [0.4, 0.5) is 0 Å². The van der Waals surface area contributed by atoms with E-state index in [1.807, 2.05) is 0 Å². The first-order valence-electron chi connectivity index (χ1n) is 8.15. The van der Waals surface area contributed by atoms with Gasteiger partial charge in [-0.2, -0.15) is 0 Å². The van der Waals surface area contributed by atoms with Gasteiger partial charge in [0.1, 0.15) is 0 Å². The minimum Gasteiger partial charge on any atom is -0.377 e. The van der Waals surface area contributed by atoms with Crippen LogP contribution in [0.25, 0.3) is 0 Å². The number of ether oxygens (including phenoxy) is 1. The lowest BCUT2D eigenvalue weighted by Gasteiger charge is -2.40. The van der Waals surface area contributed by atoms with Gasteiger partial charge in [0.2, 0.25) is 0 Å². The quantitative estimate of drug-likeness (QED) is 0.848. The Bertz CT molecular complexity index is 256. The van der Waals surface area contributed by atoms with E-state index in [-0.39, 0.29) is 5.54 Å². The second-order valence-electron chi connectivity index (χ2n) is 7.26. The molecule has 2 heterocycles. The third kappa shape index (κ3) is 5.41. The molecular formula is C16H32N2O. The second-order valence-corrected chi connectivity index (χ2v) is 7.26. The van der Waals surface area contributed by atoms with Gasteiger partial charge in [-0.25, -0.2) is 0 Å². The summed E-state index contributed by atoms with van der Waals surface area (Å²) in [5.41, 5.74) is 0.227. The maximum atomic E-state index is 5.91. The van der Waals surface area contributed by atoms with Crippen LogP contribution in [0.1, 0.15) is 59.3 Å². The van der Waals surface area contributed by atoms with Gasteiger partial charge in [-0.1, -0.05) is 6.42 Å². The van der Waals surface area contributed by atoms with Gasteiger partial charge < -0.3 is 10.1 Å². The fourth-order valence-corrected chi connectivity index (χ4v) is 3.17. The van der Waals surface area contributed by atoms with Gasteiger partial charge >= 0.3 is 0 Å². The van der Waals surface area contributed by atoms with E-state index in [0.717, 1.165) is 19.7 Å². The van der Waals surface area contributed by atoms with Crippen molar-refractivity contribution in [3.8, 4) is 0 Å². The third-order valence-corrected chi connectivity index (χ3v) is 4.33. The molecule has 1 N–H and O–H groups in total. The Morgan fingerprint density at radius 3 is 2.58 bits per heavy atom. The van der Waals surface area contributed by atoms with E-state index in [1.54, 1.807) is 0 Å². The van der Waals surface area contributed by atoms with Crippen LogP contribution >= 0.6 is 0 Å². The normalized spacial score (nSPS) is 30.5. The molecule has 0 aromatic rings. The van der Waals surface area contributed by atoms with Crippen molar-refractivity contribution >= 4 is 0 Å². The minimum atomic E-state index is 0.227. The van der Waals surface area contributed by atoms with Gasteiger partial charge in [-0.05, 0) is 59.4 Å². The highest BCUT2D eigenvalue weighted by molar-refractivity contribution is 4.84. The van der Waals surface area contributed by atoms with E-state index in [9.17, 15) is 0 Å². The summed E-state index contributed by atoms with van der Waals surface area (Å²) >= 11 is 0. The van der Waals surface area contributed by atoms with Gasteiger partial charge in [0.25, 0.3) is 0 Å². The molecule has 2 saturated heterocycles. The summed E-state index contributed by atoms with van der Waals surface area (Å²) in [6.07, 6.45) is 8.45. The predicted octanol–water partition coefficient (Wildman–Crippen LogP) is 2.80. The molecule has 2 fully saturated rings. The Kier molecular flexibility index (Phi) is 5.67. The number of nitrogens with zero attached hydrogens (tertiary/aromatic N) is 1. The molecule has 0 aromatic carbocycles. The van der Waals surface area contributed by atoms with Crippen molar-refractivity contribution < 1.29 is 4.74 Å². The molecule has 0 aromatic heterocycles. The van der Waals surface area contributed by atoms with E-state index in [0.29, 0.717) is 12.1 Å². The Morgan fingerprint density at radius 1 is 1.11 bits per heavy atom. The summed E-state index contributed by atoms with van der Waals surface area (Å²) in [5, 5.41) is 3.68. The summed E-state index contributed by atoms with van der Waals surface area (Å²) < 4.78 is 5.91. The third-order valence-electron chi connectivity index (χ3n) is 4.33.